The number of nitrogens with one attached hydrogen (secondary N) is 1. The molecule has 1 fully saturated rings. The van der Waals surface area contributed by atoms with E-state index < -0.39 is 0 Å². The van der Waals surface area contributed by atoms with Gasteiger partial charge in [-0.3, -0.25) is 14.4 Å². The molecule has 3 aromatic rings. The highest BCUT2D eigenvalue weighted by atomic mass is 16.4. The minimum Gasteiger partial charge on any atom is -0.455 e. The number of likely N-dealkylation sites (tertiary alicyclic amines) is 1. The van der Waals surface area contributed by atoms with Gasteiger partial charge in [0.05, 0.1) is 18.3 Å². The van der Waals surface area contributed by atoms with E-state index in [1.54, 1.807) is 16.9 Å². The Bertz CT molecular complexity index is 1030. The van der Waals surface area contributed by atoms with E-state index in [4.69, 9.17) is 4.42 Å². The maximum Gasteiger partial charge on any atom is 0.287 e. The fourth-order valence-electron chi connectivity index (χ4n) is 4.38. The summed E-state index contributed by atoms with van der Waals surface area (Å²) < 4.78 is 9.72. The molecule has 9 heteroatoms. The van der Waals surface area contributed by atoms with Crippen LogP contribution in [-0.4, -0.2) is 54.5 Å². The van der Waals surface area contributed by atoms with Crippen LogP contribution in [0, 0.1) is 0 Å². The van der Waals surface area contributed by atoms with E-state index >= 15 is 0 Å². The molecular formula is C21H27N7O2. The molecule has 158 valence electrons. The summed E-state index contributed by atoms with van der Waals surface area (Å²) in [5.74, 6) is 2.90. The lowest BCUT2D eigenvalue weighted by atomic mass is 10.1. The van der Waals surface area contributed by atoms with Crippen LogP contribution in [-0.2, 0) is 26.6 Å². The molecule has 0 spiro atoms. The second-order valence-corrected chi connectivity index (χ2v) is 8.24. The van der Waals surface area contributed by atoms with Gasteiger partial charge in [0.25, 0.3) is 5.91 Å². The summed E-state index contributed by atoms with van der Waals surface area (Å²) in [6.45, 7) is 3.75. The molecule has 2 aliphatic rings. The molecule has 1 unspecified atom stereocenters. The van der Waals surface area contributed by atoms with E-state index in [0.29, 0.717) is 5.76 Å². The Labute approximate surface area is 175 Å². The van der Waals surface area contributed by atoms with Crippen molar-refractivity contribution in [1.82, 2.24) is 34.8 Å². The Morgan fingerprint density at radius 2 is 2.07 bits per heavy atom. The third-order valence-corrected chi connectivity index (χ3v) is 6.01. The summed E-state index contributed by atoms with van der Waals surface area (Å²) >= 11 is 0. The first kappa shape index (κ1) is 19.0. The van der Waals surface area contributed by atoms with Crippen LogP contribution in [0.15, 0.2) is 28.9 Å². The summed E-state index contributed by atoms with van der Waals surface area (Å²) in [6, 6.07) is 3.78. The van der Waals surface area contributed by atoms with E-state index in [0.717, 1.165) is 68.4 Å². The summed E-state index contributed by atoms with van der Waals surface area (Å²) in [5, 5.41) is 16.1. The number of carbonyl (C=O) groups is 1. The average molecular weight is 409 g/mol. The minimum absolute atomic E-state index is 0.0769. The molecule has 1 amide bonds. The standard InChI is InChI=1S/C21H27N7O2/c1-26-13-15(12-22-26)20-25-24-19-7-4-16(8-11-28(19)20)23-21(29)18-6-5-17(30-18)14-27-9-2-3-10-27/h5-6,12-13,16H,2-4,7-11,14H2,1H3,(H,23,29). The summed E-state index contributed by atoms with van der Waals surface area (Å²) in [4.78, 5) is 15.1. The number of amides is 1. The number of furan rings is 1. The van der Waals surface area contributed by atoms with Gasteiger partial charge in [0.2, 0.25) is 0 Å². The van der Waals surface area contributed by atoms with Gasteiger partial charge in [0.1, 0.15) is 11.6 Å². The van der Waals surface area contributed by atoms with Crippen molar-refractivity contribution in [2.24, 2.45) is 7.05 Å². The van der Waals surface area contributed by atoms with Crippen molar-refractivity contribution in [2.75, 3.05) is 13.1 Å². The molecule has 1 N–H and O–H groups in total. The Hall–Kier alpha value is -2.94. The Kier molecular flexibility index (Phi) is 5.12. The molecule has 0 radical (unpaired) electrons. The van der Waals surface area contributed by atoms with Crippen LogP contribution in [0.1, 0.15) is 47.8 Å². The summed E-state index contributed by atoms with van der Waals surface area (Å²) in [7, 11) is 1.89. The van der Waals surface area contributed by atoms with Crippen molar-refractivity contribution in [3.8, 4) is 11.4 Å². The molecule has 1 atom stereocenters. The normalized spacial score (nSPS) is 19.6. The van der Waals surface area contributed by atoms with E-state index in [9.17, 15) is 4.79 Å². The number of aryl methyl sites for hydroxylation is 2. The molecule has 2 aliphatic heterocycles. The fourth-order valence-corrected chi connectivity index (χ4v) is 4.38. The Morgan fingerprint density at radius 3 is 2.87 bits per heavy atom. The molecule has 3 aromatic heterocycles. The maximum absolute atomic E-state index is 12.7. The number of nitrogens with zero attached hydrogens (tertiary/aromatic N) is 6. The lowest BCUT2D eigenvalue weighted by Crippen LogP contribution is -2.35. The zero-order valence-electron chi connectivity index (χ0n) is 17.3. The van der Waals surface area contributed by atoms with Crippen LogP contribution in [0.3, 0.4) is 0 Å². The highest BCUT2D eigenvalue weighted by Gasteiger charge is 2.24. The fraction of sp³-hybridized carbons (Fsp3) is 0.524. The van der Waals surface area contributed by atoms with Crippen molar-refractivity contribution in [2.45, 2.75) is 51.2 Å². The van der Waals surface area contributed by atoms with Gasteiger partial charge in [-0.25, -0.2) is 0 Å². The molecule has 5 heterocycles. The van der Waals surface area contributed by atoms with E-state index in [1.165, 1.54) is 12.8 Å². The van der Waals surface area contributed by atoms with Crippen molar-refractivity contribution in [3.05, 3.63) is 41.9 Å². The Balaban J connectivity index is 1.21. The third kappa shape index (κ3) is 3.89. The predicted octanol–water partition coefficient (Wildman–Crippen LogP) is 2.00. The number of hydrogen-bond donors (Lipinski definition) is 1. The first-order chi connectivity index (χ1) is 14.7. The van der Waals surface area contributed by atoms with Crippen molar-refractivity contribution < 1.29 is 9.21 Å². The van der Waals surface area contributed by atoms with Crippen LogP contribution in [0.5, 0.6) is 0 Å². The van der Waals surface area contributed by atoms with Crippen molar-refractivity contribution in [3.63, 3.8) is 0 Å². The molecule has 0 saturated carbocycles. The molecule has 0 bridgehead atoms. The summed E-state index contributed by atoms with van der Waals surface area (Å²) in [6.07, 6.45) is 8.66. The smallest absolute Gasteiger partial charge is 0.287 e. The predicted molar refractivity (Wildman–Crippen MR) is 110 cm³/mol. The first-order valence-corrected chi connectivity index (χ1v) is 10.7. The number of rotatable bonds is 5. The van der Waals surface area contributed by atoms with Crippen LogP contribution < -0.4 is 5.32 Å². The largest absolute Gasteiger partial charge is 0.455 e. The SMILES string of the molecule is Cn1cc(-c2nnc3n2CCC(NC(=O)c2ccc(CN4CCCC4)o2)CC3)cn1. The number of fused-ring (bicyclic) bond motifs is 1. The van der Waals surface area contributed by atoms with Crippen LogP contribution in [0.2, 0.25) is 0 Å². The second-order valence-electron chi connectivity index (χ2n) is 8.24. The number of hydrogen-bond acceptors (Lipinski definition) is 6. The number of carbonyl (C=O) groups excluding carboxylic acids is 1. The molecule has 5 rings (SSSR count). The Morgan fingerprint density at radius 1 is 1.20 bits per heavy atom. The zero-order valence-corrected chi connectivity index (χ0v) is 17.3. The van der Waals surface area contributed by atoms with Gasteiger partial charge >= 0.3 is 0 Å². The molecular weight excluding hydrogens is 382 g/mol. The lowest BCUT2D eigenvalue weighted by Gasteiger charge is -2.15. The number of aromatic nitrogens is 5. The van der Waals surface area contributed by atoms with Gasteiger partial charge in [-0.15, -0.1) is 10.2 Å². The zero-order chi connectivity index (χ0) is 20.5. The van der Waals surface area contributed by atoms with E-state index in [2.05, 4.69) is 30.1 Å². The van der Waals surface area contributed by atoms with Crippen LogP contribution >= 0.6 is 0 Å². The van der Waals surface area contributed by atoms with E-state index in [-0.39, 0.29) is 11.9 Å². The van der Waals surface area contributed by atoms with Crippen molar-refractivity contribution in [1.29, 1.82) is 0 Å². The maximum atomic E-state index is 12.7. The first-order valence-electron chi connectivity index (χ1n) is 10.7. The van der Waals surface area contributed by atoms with Gasteiger partial charge in [0, 0.05) is 32.3 Å². The monoisotopic (exact) mass is 409 g/mol. The average Bonchev–Trinajstić information content (AvgIpc) is 3.51. The highest BCUT2D eigenvalue weighted by Crippen LogP contribution is 2.23. The molecule has 9 nitrogen and oxygen atoms in total. The molecule has 0 aromatic carbocycles. The molecule has 1 saturated heterocycles. The minimum atomic E-state index is -0.141. The molecule has 0 aliphatic carbocycles. The third-order valence-electron chi connectivity index (χ3n) is 6.01. The van der Waals surface area contributed by atoms with Gasteiger partial charge in [-0.2, -0.15) is 5.10 Å². The van der Waals surface area contributed by atoms with Crippen LogP contribution in [0.25, 0.3) is 11.4 Å². The van der Waals surface area contributed by atoms with Crippen LogP contribution in [0.4, 0.5) is 0 Å². The topological polar surface area (TPSA) is 94.0 Å². The molecule has 30 heavy (non-hydrogen) atoms. The second kappa shape index (κ2) is 8.06. The van der Waals surface area contributed by atoms with Gasteiger partial charge in [-0.1, -0.05) is 0 Å². The summed E-state index contributed by atoms with van der Waals surface area (Å²) in [5.41, 5.74) is 0.958. The highest BCUT2D eigenvalue weighted by molar-refractivity contribution is 5.91. The quantitative estimate of drug-likeness (QED) is 0.693. The van der Waals surface area contributed by atoms with E-state index in [1.807, 2.05) is 19.3 Å². The van der Waals surface area contributed by atoms with Crippen molar-refractivity contribution >= 4 is 5.91 Å². The lowest BCUT2D eigenvalue weighted by molar-refractivity contribution is 0.0901. The van der Waals surface area contributed by atoms with Gasteiger partial charge in [-0.05, 0) is 50.9 Å². The van der Waals surface area contributed by atoms with Gasteiger partial charge in [0.15, 0.2) is 11.6 Å². The van der Waals surface area contributed by atoms with Gasteiger partial charge < -0.3 is 14.3 Å².